The van der Waals surface area contributed by atoms with E-state index in [0.29, 0.717) is 17.1 Å². The molecule has 1 heterocycles. The Morgan fingerprint density at radius 2 is 1.94 bits per heavy atom. The van der Waals surface area contributed by atoms with Crippen LogP contribution in [-0.2, 0) is 0 Å². The summed E-state index contributed by atoms with van der Waals surface area (Å²) < 4.78 is 5.08. The van der Waals surface area contributed by atoms with Crippen LogP contribution in [0.4, 0.5) is 5.69 Å². The molecule has 6 nitrogen and oxygen atoms in total. The summed E-state index contributed by atoms with van der Waals surface area (Å²) in [6.45, 7) is 1.65. The van der Waals surface area contributed by atoms with Crippen LogP contribution in [0.2, 0.25) is 0 Å². The van der Waals surface area contributed by atoms with E-state index in [9.17, 15) is 9.59 Å². The van der Waals surface area contributed by atoms with Crippen LogP contribution in [0, 0.1) is 6.92 Å². The Morgan fingerprint density at radius 1 is 1.28 bits per heavy atom. The van der Waals surface area contributed by atoms with Crippen molar-refractivity contribution < 1.29 is 14.0 Å². The van der Waals surface area contributed by atoms with E-state index in [1.54, 1.807) is 19.1 Å². The van der Waals surface area contributed by atoms with Crippen molar-refractivity contribution in [1.82, 2.24) is 4.98 Å². The van der Waals surface area contributed by atoms with Gasteiger partial charge in [-0.05, 0) is 24.3 Å². The lowest BCUT2D eigenvalue weighted by molar-refractivity contribution is 0.0991. The summed E-state index contributed by atoms with van der Waals surface area (Å²) in [4.78, 5) is 26.4. The van der Waals surface area contributed by atoms with Gasteiger partial charge in [-0.25, -0.2) is 4.98 Å². The Bertz CT molecular complexity index is 587. The minimum atomic E-state index is -0.515. The highest BCUT2D eigenvalue weighted by molar-refractivity contribution is 6.02. The molecule has 0 saturated carbocycles. The number of primary amides is 1. The molecule has 1 aromatic carbocycles. The molecule has 6 heteroatoms. The monoisotopic (exact) mass is 245 g/mol. The van der Waals surface area contributed by atoms with Crippen molar-refractivity contribution in [2.45, 2.75) is 6.92 Å². The second-order valence-corrected chi connectivity index (χ2v) is 3.64. The van der Waals surface area contributed by atoms with E-state index in [-0.39, 0.29) is 5.76 Å². The topological polar surface area (TPSA) is 98.2 Å². The lowest BCUT2D eigenvalue weighted by Gasteiger charge is -2.03. The summed E-state index contributed by atoms with van der Waals surface area (Å²) in [5.74, 6) is -0.364. The third-order valence-electron chi connectivity index (χ3n) is 2.27. The van der Waals surface area contributed by atoms with Gasteiger partial charge in [-0.2, -0.15) is 0 Å². The Morgan fingerprint density at radius 3 is 2.44 bits per heavy atom. The minimum Gasteiger partial charge on any atom is -0.436 e. The maximum Gasteiger partial charge on any atom is 0.293 e. The number of carbonyl (C=O) groups excluding carboxylic acids is 2. The maximum atomic E-state index is 11.7. The highest BCUT2D eigenvalue weighted by atomic mass is 16.4. The van der Waals surface area contributed by atoms with Crippen molar-refractivity contribution in [3.05, 3.63) is 47.7 Å². The molecule has 0 bridgehead atoms. The lowest BCUT2D eigenvalue weighted by Crippen LogP contribution is -2.13. The second kappa shape index (κ2) is 4.70. The second-order valence-electron chi connectivity index (χ2n) is 3.64. The van der Waals surface area contributed by atoms with Crippen LogP contribution in [0.25, 0.3) is 0 Å². The first-order valence-corrected chi connectivity index (χ1v) is 5.20. The van der Waals surface area contributed by atoms with Crippen LogP contribution >= 0.6 is 0 Å². The number of nitrogens with zero attached hydrogens (tertiary/aromatic N) is 1. The molecule has 0 atom stereocenters. The number of oxazole rings is 1. The number of hydrogen-bond acceptors (Lipinski definition) is 4. The number of nitrogens with one attached hydrogen (secondary N) is 1. The van der Waals surface area contributed by atoms with Gasteiger partial charge in [0.05, 0.1) is 6.20 Å². The van der Waals surface area contributed by atoms with Gasteiger partial charge >= 0.3 is 0 Å². The first kappa shape index (κ1) is 11.8. The largest absolute Gasteiger partial charge is 0.436 e. The fraction of sp³-hybridized carbons (Fsp3) is 0.0833. The normalized spacial score (nSPS) is 10.1. The highest BCUT2D eigenvalue weighted by Crippen LogP contribution is 2.11. The van der Waals surface area contributed by atoms with E-state index in [1.165, 1.54) is 18.3 Å². The number of anilines is 1. The van der Waals surface area contributed by atoms with Crippen molar-refractivity contribution in [2.24, 2.45) is 5.73 Å². The Kier molecular flexibility index (Phi) is 3.09. The molecule has 3 N–H and O–H groups in total. The van der Waals surface area contributed by atoms with Crippen LogP contribution < -0.4 is 11.1 Å². The summed E-state index contributed by atoms with van der Waals surface area (Å²) >= 11 is 0. The molecule has 1 aromatic heterocycles. The van der Waals surface area contributed by atoms with Gasteiger partial charge in [0.25, 0.3) is 5.91 Å². The number of aromatic nitrogens is 1. The van der Waals surface area contributed by atoms with Crippen LogP contribution in [0.3, 0.4) is 0 Å². The van der Waals surface area contributed by atoms with Crippen LogP contribution in [0.1, 0.15) is 26.8 Å². The third kappa shape index (κ3) is 2.54. The Balaban J connectivity index is 2.10. The molecule has 92 valence electrons. The summed E-state index contributed by atoms with van der Waals surface area (Å²) in [5.41, 5.74) is 6.03. The summed E-state index contributed by atoms with van der Waals surface area (Å²) in [5, 5.41) is 2.61. The molecule has 2 aromatic rings. The summed E-state index contributed by atoms with van der Waals surface area (Å²) in [7, 11) is 0. The molecule has 0 saturated heterocycles. The third-order valence-corrected chi connectivity index (χ3v) is 2.27. The predicted molar refractivity (Wildman–Crippen MR) is 64.2 cm³/mol. The molecule has 2 rings (SSSR count). The lowest BCUT2D eigenvalue weighted by atomic mass is 10.2. The van der Waals surface area contributed by atoms with Crippen molar-refractivity contribution in [3.8, 4) is 0 Å². The average molecular weight is 245 g/mol. The quantitative estimate of drug-likeness (QED) is 0.852. The van der Waals surface area contributed by atoms with Gasteiger partial charge in [-0.1, -0.05) is 0 Å². The van der Waals surface area contributed by atoms with Crippen LogP contribution in [0.15, 0.2) is 34.9 Å². The van der Waals surface area contributed by atoms with Crippen LogP contribution in [-0.4, -0.2) is 16.8 Å². The number of benzene rings is 1. The molecular weight excluding hydrogens is 234 g/mol. The van der Waals surface area contributed by atoms with E-state index < -0.39 is 11.8 Å². The number of carbonyl (C=O) groups is 2. The highest BCUT2D eigenvalue weighted by Gasteiger charge is 2.11. The van der Waals surface area contributed by atoms with Gasteiger partial charge in [0.1, 0.15) is 0 Å². The molecule has 0 fully saturated rings. The van der Waals surface area contributed by atoms with E-state index in [2.05, 4.69) is 10.3 Å². The zero-order chi connectivity index (χ0) is 13.1. The van der Waals surface area contributed by atoms with Crippen molar-refractivity contribution in [1.29, 1.82) is 0 Å². The minimum absolute atomic E-state index is 0.131. The van der Waals surface area contributed by atoms with E-state index >= 15 is 0 Å². The van der Waals surface area contributed by atoms with Gasteiger partial charge in [0.2, 0.25) is 11.7 Å². The fourth-order valence-corrected chi connectivity index (χ4v) is 1.38. The zero-order valence-corrected chi connectivity index (χ0v) is 9.64. The molecule has 0 spiro atoms. The SMILES string of the molecule is Cc1ncc(C(=O)Nc2ccc(C(N)=O)cc2)o1. The summed E-state index contributed by atoms with van der Waals surface area (Å²) in [6, 6.07) is 6.23. The predicted octanol–water partition coefficient (Wildman–Crippen LogP) is 1.33. The number of rotatable bonds is 3. The molecule has 0 aliphatic rings. The van der Waals surface area contributed by atoms with Crippen molar-refractivity contribution >= 4 is 17.5 Å². The molecule has 2 amide bonds. The fourth-order valence-electron chi connectivity index (χ4n) is 1.38. The Hall–Kier alpha value is -2.63. The average Bonchev–Trinajstić information content (AvgIpc) is 2.76. The summed E-state index contributed by atoms with van der Waals surface area (Å²) in [6.07, 6.45) is 1.35. The van der Waals surface area contributed by atoms with Gasteiger partial charge in [0.15, 0.2) is 5.89 Å². The van der Waals surface area contributed by atoms with E-state index in [4.69, 9.17) is 10.2 Å². The number of aryl methyl sites for hydroxylation is 1. The molecule has 0 aliphatic carbocycles. The standard InChI is InChI=1S/C12H11N3O3/c1-7-14-6-10(18-7)12(17)15-9-4-2-8(3-5-9)11(13)16/h2-6H,1H3,(H2,13,16)(H,15,17). The maximum absolute atomic E-state index is 11.7. The number of nitrogens with two attached hydrogens (primary N) is 1. The molecular formula is C12H11N3O3. The van der Waals surface area contributed by atoms with E-state index in [0.717, 1.165) is 0 Å². The Labute approximate surface area is 103 Å². The first-order valence-electron chi connectivity index (χ1n) is 5.20. The molecule has 18 heavy (non-hydrogen) atoms. The van der Waals surface area contributed by atoms with Crippen LogP contribution in [0.5, 0.6) is 0 Å². The smallest absolute Gasteiger partial charge is 0.293 e. The van der Waals surface area contributed by atoms with Gasteiger partial charge in [0, 0.05) is 18.2 Å². The number of hydrogen-bond donors (Lipinski definition) is 2. The van der Waals surface area contributed by atoms with Gasteiger partial charge in [-0.15, -0.1) is 0 Å². The zero-order valence-electron chi connectivity index (χ0n) is 9.64. The van der Waals surface area contributed by atoms with E-state index in [1.807, 2.05) is 0 Å². The van der Waals surface area contributed by atoms with Crippen molar-refractivity contribution in [2.75, 3.05) is 5.32 Å². The van der Waals surface area contributed by atoms with Crippen molar-refractivity contribution in [3.63, 3.8) is 0 Å². The molecule has 0 aliphatic heterocycles. The number of amides is 2. The van der Waals surface area contributed by atoms with Gasteiger partial charge in [-0.3, -0.25) is 9.59 Å². The first-order chi connectivity index (χ1) is 8.56. The van der Waals surface area contributed by atoms with Gasteiger partial charge < -0.3 is 15.5 Å². The molecule has 0 radical (unpaired) electrons. The molecule has 0 unspecified atom stereocenters.